The van der Waals surface area contributed by atoms with E-state index in [1.54, 1.807) is 12.1 Å². The molecule has 138 valence electrons. The van der Waals surface area contributed by atoms with Gasteiger partial charge in [-0.05, 0) is 12.5 Å². The Morgan fingerprint density at radius 3 is 2.64 bits per heavy atom. The lowest BCUT2D eigenvalue weighted by molar-refractivity contribution is -0.232. The number of allylic oxidation sites excluding steroid dienone is 1. The van der Waals surface area contributed by atoms with Gasteiger partial charge in [-0.25, -0.2) is 0 Å². The number of benzene rings is 1. The lowest BCUT2D eigenvalue weighted by Crippen LogP contribution is -2.55. The summed E-state index contributed by atoms with van der Waals surface area (Å²) in [6.07, 6.45) is -4.33. The predicted molar refractivity (Wildman–Crippen MR) is 85.7 cm³/mol. The van der Waals surface area contributed by atoms with E-state index in [9.17, 15) is 20.4 Å². The molecule has 25 heavy (non-hydrogen) atoms. The Morgan fingerprint density at radius 1 is 1.24 bits per heavy atom. The third kappa shape index (κ3) is 2.96. The monoisotopic (exact) mass is 354 g/mol. The topological polar surface area (TPSA) is 118 Å². The Labute approximate surface area is 144 Å². The molecule has 5 atom stereocenters. The molecule has 0 amide bonds. The van der Waals surface area contributed by atoms with Gasteiger partial charge in [-0.3, -0.25) is 0 Å². The van der Waals surface area contributed by atoms with E-state index in [1.165, 1.54) is 7.11 Å². The fourth-order valence-electron chi connectivity index (χ4n) is 3.25. The average Bonchev–Trinajstić information content (AvgIpc) is 3.07. The molecule has 0 spiro atoms. The number of hydrogen-bond acceptors (Lipinski definition) is 8. The standard InChI is InChI=1S/C17H22O8/c1-3-4-8-5-9-16(24-7-23-9)11(15(8)22-2)17-14(21)13(20)12(19)10(6-18)25-17/h3,5,10,12-14,17-21H,1,4,6-7H2,2H3/t10-,12-,13+,14-,17-/m1/s1. The number of ether oxygens (including phenoxy) is 4. The summed E-state index contributed by atoms with van der Waals surface area (Å²) >= 11 is 0. The second-order valence-electron chi connectivity index (χ2n) is 5.96. The van der Waals surface area contributed by atoms with E-state index in [2.05, 4.69) is 6.58 Å². The molecule has 0 bridgehead atoms. The van der Waals surface area contributed by atoms with Crippen LogP contribution in [0, 0.1) is 0 Å². The summed E-state index contributed by atoms with van der Waals surface area (Å²) in [6, 6.07) is 1.76. The van der Waals surface area contributed by atoms with Crippen LogP contribution < -0.4 is 14.2 Å². The molecule has 1 saturated heterocycles. The molecule has 0 radical (unpaired) electrons. The Morgan fingerprint density at radius 2 is 2.00 bits per heavy atom. The summed E-state index contributed by atoms with van der Waals surface area (Å²) in [6.45, 7) is 3.20. The summed E-state index contributed by atoms with van der Waals surface area (Å²) in [4.78, 5) is 0. The third-order valence-electron chi connectivity index (χ3n) is 4.47. The van der Waals surface area contributed by atoms with Crippen molar-refractivity contribution in [2.24, 2.45) is 0 Å². The van der Waals surface area contributed by atoms with E-state index < -0.39 is 37.1 Å². The van der Waals surface area contributed by atoms with Crippen LogP contribution in [0.4, 0.5) is 0 Å². The Balaban J connectivity index is 2.13. The van der Waals surface area contributed by atoms with Gasteiger partial charge >= 0.3 is 0 Å². The molecular formula is C17H22O8. The Hall–Kier alpha value is -1.84. The first-order valence-electron chi connectivity index (χ1n) is 7.94. The molecule has 2 heterocycles. The summed E-state index contributed by atoms with van der Waals surface area (Å²) in [5.74, 6) is 1.21. The van der Waals surface area contributed by atoms with Gasteiger partial charge in [0.25, 0.3) is 0 Å². The van der Waals surface area contributed by atoms with E-state index in [4.69, 9.17) is 18.9 Å². The summed E-state index contributed by atoms with van der Waals surface area (Å²) in [5.41, 5.74) is 1.11. The molecule has 0 aromatic heterocycles. The second kappa shape index (κ2) is 7.19. The van der Waals surface area contributed by atoms with Gasteiger partial charge in [-0.2, -0.15) is 0 Å². The molecule has 0 aliphatic carbocycles. The van der Waals surface area contributed by atoms with Crippen molar-refractivity contribution in [3.05, 3.63) is 29.8 Å². The van der Waals surface area contributed by atoms with Crippen molar-refractivity contribution in [1.82, 2.24) is 0 Å². The smallest absolute Gasteiger partial charge is 0.231 e. The van der Waals surface area contributed by atoms with E-state index in [0.717, 1.165) is 5.56 Å². The van der Waals surface area contributed by atoms with Gasteiger partial charge in [0.05, 0.1) is 19.3 Å². The molecule has 2 aliphatic heterocycles. The van der Waals surface area contributed by atoms with Crippen LogP contribution in [0.15, 0.2) is 18.7 Å². The zero-order valence-electron chi connectivity index (χ0n) is 13.8. The van der Waals surface area contributed by atoms with Crippen molar-refractivity contribution in [2.45, 2.75) is 36.9 Å². The predicted octanol–water partition coefficient (Wildman–Crippen LogP) is -0.333. The van der Waals surface area contributed by atoms with E-state index in [-0.39, 0.29) is 6.79 Å². The van der Waals surface area contributed by atoms with Crippen LogP contribution in [0.5, 0.6) is 17.2 Å². The second-order valence-corrected chi connectivity index (χ2v) is 5.96. The van der Waals surface area contributed by atoms with Crippen LogP contribution in [0.3, 0.4) is 0 Å². The maximum Gasteiger partial charge on any atom is 0.231 e. The number of rotatable bonds is 5. The van der Waals surface area contributed by atoms with Crippen LogP contribution >= 0.6 is 0 Å². The van der Waals surface area contributed by atoms with Gasteiger partial charge in [0.15, 0.2) is 11.5 Å². The van der Waals surface area contributed by atoms with E-state index in [1.807, 2.05) is 0 Å². The Bertz CT molecular complexity index is 644. The summed E-state index contributed by atoms with van der Waals surface area (Å²) in [7, 11) is 1.47. The van der Waals surface area contributed by atoms with Crippen molar-refractivity contribution in [2.75, 3.05) is 20.5 Å². The zero-order chi connectivity index (χ0) is 18.1. The average molecular weight is 354 g/mol. The Kier molecular flexibility index (Phi) is 5.16. The number of aliphatic hydroxyl groups excluding tert-OH is 4. The molecule has 4 N–H and O–H groups in total. The fourth-order valence-corrected chi connectivity index (χ4v) is 3.25. The van der Waals surface area contributed by atoms with Crippen molar-refractivity contribution in [3.63, 3.8) is 0 Å². The highest BCUT2D eigenvalue weighted by molar-refractivity contribution is 5.61. The van der Waals surface area contributed by atoms with Gasteiger partial charge in [0.2, 0.25) is 6.79 Å². The number of fused-ring (bicyclic) bond motifs is 1. The molecule has 1 aromatic carbocycles. The van der Waals surface area contributed by atoms with Crippen LogP contribution in [-0.2, 0) is 11.2 Å². The molecule has 1 aromatic rings. The van der Waals surface area contributed by atoms with Crippen LogP contribution in [-0.4, -0.2) is 65.4 Å². The first-order valence-corrected chi connectivity index (χ1v) is 7.94. The quantitative estimate of drug-likeness (QED) is 0.531. The first kappa shape index (κ1) is 18.0. The van der Waals surface area contributed by atoms with Crippen LogP contribution in [0.25, 0.3) is 0 Å². The SMILES string of the molecule is C=CCc1cc2c(c([C@H]3O[C@H](CO)[C@@H](O)[C@H](O)[C@H]3O)c1OC)OCO2. The normalized spacial score (nSPS) is 31.0. The highest BCUT2D eigenvalue weighted by atomic mass is 16.7. The molecule has 1 fully saturated rings. The van der Waals surface area contributed by atoms with Gasteiger partial charge < -0.3 is 39.4 Å². The molecule has 0 saturated carbocycles. The van der Waals surface area contributed by atoms with Gasteiger partial charge in [0.1, 0.15) is 36.3 Å². The van der Waals surface area contributed by atoms with Gasteiger partial charge in [0, 0.05) is 5.56 Å². The van der Waals surface area contributed by atoms with Crippen molar-refractivity contribution >= 4 is 0 Å². The minimum atomic E-state index is -1.50. The summed E-state index contributed by atoms with van der Waals surface area (Å²) < 4.78 is 22.1. The molecule has 8 heteroatoms. The molecule has 3 rings (SSSR count). The first-order chi connectivity index (χ1) is 12.0. The highest BCUT2D eigenvalue weighted by Crippen LogP contribution is 2.50. The minimum Gasteiger partial charge on any atom is -0.496 e. The lowest BCUT2D eigenvalue weighted by Gasteiger charge is -2.40. The maximum absolute atomic E-state index is 10.5. The van der Waals surface area contributed by atoms with Crippen LogP contribution in [0.2, 0.25) is 0 Å². The minimum absolute atomic E-state index is 0.000449. The van der Waals surface area contributed by atoms with E-state index >= 15 is 0 Å². The summed E-state index contributed by atoms with van der Waals surface area (Å²) in [5, 5.41) is 39.9. The van der Waals surface area contributed by atoms with Crippen molar-refractivity contribution < 1.29 is 39.4 Å². The number of hydrogen-bond donors (Lipinski definition) is 4. The third-order valence-corrected chi connectivity index (χ3v) is 4.47. The maximum atomic E-state index is 10.5. The lowest BCUT2D eigenvalue weighted by atomic mass is 9.89. The van der Waals surface area contributed by atoms with E-state index in [0.29, 0.717) is 29.2 Å². The van der Waals surface area contributed by atoms with Gasteiger partial charge in [-0.15, -0.1) is 6.58 Å². The van der Waals surface area contributed by atoms with Crippen LogP contribution in [0.1, 0.15) is 17.2 Å². The zero-order valence-corrected chi connectivity index (χ0v) is 13.8. The molecule has 2 aliphatic rings. The molecule has 8 nitrogen and oxygen atoms in total. The molecular weight excluding hydrogens is 332 g/mol. The van der Waals surface area contributed by atoms with Crippen molar-refractivity contribution in [3.8, 4) is 17.2 Å². The van der Waals surface area contributed by atoms with Gasteiger partial charge in [-0.1, -0.05) is 6.08 Å². The highest BCUT2D eigenvalue weighted by Gasteiger charge is 2.47. The largest absolute Gasteiger partial charge is 0.496 e. The molecule has 0 unspecified atom stereocenters. The van der Waals surface area contributed by atoms with Crippen molar-refractivity contribution in [1.29, 1.82) is 0 Å². The number of aliphatic hydroxyl groups is 4. The fraction of sp³-hybridized carbons (Fsp3) is 0.529. The number of methoxy groups -OCH3 is 1.